The number of ether oxygens (including phenoxy) is 2. The van der Waals surface area contributed by atoms with E-state index in [4.69, 9.17) is 9.47 Å². The topological polar surface area (TPSA) is 67.9 Å². The van der Waals surface area contributed by atoms with E-state index < -0.39 is 0 Å². The quantitative estimate of drug-likeness (QED) is 0.864. The molecule has 1 aliphatic heterocycles. The molecule has 26 heavy (non-hydrogen) atoms. The van der Waals surface area contributed by atoms with Gasteiger partial charge in [0, 0.05) is 24.7 Å². The van der Waals surface area contributed by atoms with Crippen molar-refractivity contribution in [2.45, 2.75) is 19.4 Å². The van der Waals surface area contributed by atoms with E-state index in [9.17, 15) is 9.59 Å². The second kappa shape index (κ2) is 7.91. The van der Waals surface area contributed by atoms with Crippen molar-refractivity contribution in [1.82, 2.24) is 5.32 Å². The summed E-state index contributed by atoms with van der Waals surface area (Å²) >= 11 is 0. The summed E-state index contributed by atoms with van der Waals surface area (Å²) in [5.41, 5.74) is 1.99. The maximum atomic E-state index is 12.2. The minimum absolute atomic E-state index is 0.00728. The van der Waals surface area contributed by atoms with Gasteiger partial charge in [-0.05, 0) is 31.2 Å². The number of carbonyl (C=O) groups is 2. The van der Waals surface area contributed by atoms with Gasteiger partial charge in [-0.15, -0.1) is 0 Å². The van der Waals surface area contributed by atoms with E-state index in [0.717, 1.165) is 11.3 Å². The third kappa shape index (κ3) is 4.33. The van der Waals surface area contributed by atoms with Crippen molar-refractivity contribution in [2.75, 3.05) is 25.2 Å². The molecule has 0 aromatic heterocycles. The Hall–Kier alpha value is -3.02. The van der Waals surface area contributed by atoms with Gasteiger partial charge in [-0.25, -0.2) is 0 Å². The predicted octanol–water partition coefficient (Wildman–Crippen LogP) is 2.30. The zero-order valence-electron chi connectivity index (χ0n) is 14.9. The van der Waals surface area contributed by atoms with E-state index >= 15 is 0 Å². The second-order valence-electron chi connectivity index (χ2n) is 6.28. The number of rotatable bonds is 6. The molecule has 136 valence electrons. The number of nitrogens with zero attached hydrogens (tertiary/aromatic N) is 1. The van der Waals surface area contributed by atoms with Crippen LogP contribution in [0.5, 0.6) is 11.5 Å². The Morgan fingerprint density at radius 2 is 1.92 bits per heavy atom. The maximum Gasteiger partial charge on any atom is 0.258 e. The highest BCUT2D eigenvalue weighted by Crippen LogP contribution is 2.22. The van der Waals surface area contributed by atoms with Crippen molar-refractivity contribution >= 4 is 17.5 Å². The molecule has 0 saturated carbocycles. The molecule has 6 nitrogen and oxygen atoms in total. The lowest BCUT2D eigenvalue weighted by Gasteiger charge is -2.17. The summed E-state index contributed by atoms with van der Waals surface area (Å²) in [6.07, 6.45) is 0.290. The lowest BCUT2D eigenvalue weighted by Crippen LogP contribution is -2.39. The van der Waals surface area contributed by atoms with Crippen molar-refractivity contribution in [3.05, 3.63) is 54.1 Å². The fourth-order valence-electron chi connectivity index (χ4n) is 2.89. The largest absolute Gasteiger partial charge is 0.497 e. The van der Waals surface area contributed by atoms with Crippen LogP contribution in [0.2, 0.25) is 0 Å². The molecule has 0 bridgehead atoms. The Kier molecular flexibility index (Phi) is 5.41. The fraction of sp³-hybridized carbons (Fsp3) is 0.300. The van der Waals surface area contributed by atoms with Crippen LogP contribution in [0.3, 0.4) is 0 Å². The molecule has 1 N–H and O–H groups in total. The Labute approximate surface area is 152 Å². The number of benzene rings is 2. The summed E-state index contributed by atoms with van der Waals surface area (Å²) < 4.78 is 10.6. The first-order valence-corrected chi connectivity index (χ1v) is 8.48. The average Bonchev–Trinajstić information content (AvgIpc) is 3.01. The highest BCUT2D eigenvalue weighted by atomic mass is 16.5. The maximum absolute atomic E-state index is 12.2. The van der Waals surface area contributed by atoms with Crippen molar-refractivity contribution in [3.8, 4) is 11.5 Å². The van der Waals surface area contributed by atoms with Crippen LogP contribution >= 0.6 is 0 Å². The van der Waals surface area contributed by atoms with Crippen LogP contribution in [0.15, 0.2) is 48.5 Å². The summed E-state index contributed by atoms with van der Waals surface area (Å²) in [6.45, 7) is 2.36. The molecule has 1 fully saturated rings. The molecular formula is C20H22N2O4. The van der Waals surface area contributed by atoms with Gasteiger partial charge in [-0.1, -0.05) is 23.8 Å². The highest BCUT2D eigenvalue weighted by Gasteiger charge is 2.31. The van der Waals surface area contributed by atoms with E-state index in [1.165, 1.54) is 0 Å². The molecule has 0 aliphatic carbocycles. The molecule has 6 heteroatoms. The monoisotopic (exact) mass is 354 g/mol. The molecule has 0 unspecified atom stereocenters. The third-order valence-corrected chi connectivity index (χ3v) is 4.25. The SMILES string of the molecule is COc1cccc(OCC(=O)N[C@H]2CC(=O)N(c3ccc(C)cc3)C2)c1. The van der Waals surface area contributed by atoms with Crippen molar-refractivity contribution in [3.63, 3.8) is 0 Å². The molecule has 2 aromatic rings. The van der Waals surface area contributed by atoms with Gasteiger partial charge in [0.1, 0.15) is 11.5 Å². The van der Waals surface area contributed by atoms with Crippen LogP contribution in [-0.4, -0.2) is 38.1 Å². The average molecular weight is 354 g/mol. The lowest BCUT2D eigenvalue weighted by atomic mass is 10.2. The van der Waals surface area contributed by atoms with Crippen LogP contribution < -0.4 is 19.7 Å². The molecule has 2 amide bonds. The first-order chi connectivity index (χ1) is 12.5. The van der Waals surface area contributed by atoms with E-state index in [2.05, 4.69) is 5.32 Å². The van der Waals surface area contributed by atoms with E-state index in [1.54, 1.807) is 36.3 Å². The summed E-state index contributed by atoms with van der Waals surface area (Å²) in [6, 6.07) is 14.6. The smallest absolute Gasteiger partial charge is 0.258 e. The molecule has 2 aromatic carbocycles. The van der Waals surface area contributed by atoms with Gasteiger partial charge in [-0.2, -0.15) is 0 Å². The molecule has 1 saturated heterocycles. The van der Waals surface area contributed by atoms with E-state index in [-0.39, 0.29) is 24.5 Å². The Morgan fingerprint density at radius 1 is 1.19 bits per heavy atom. The minimum Gasteiger partial charge on any atom is -0.497 e. The van der Waals surface area contributed by atoms with Crippen LogP contribution in [0, 0.1) is 6.92 Å². The van der Waals surface area contributed by atoms with Gasteiger partial charge in [0.25, 0.3) is 5.91 Å². The van der Waals surface area contributed by atoms with Gasteiger partial charge >= 0.3 is 0 Å². The second-order valence-corrected chi connectivity index (χ2v) is 6.28. The number of amides is 2. The van der Waals surface area contributed by atoms with Gasteiger partial charge in [-0.3, -0.25) is 9.59 Å². The van der Waals surface area contributed by atoms with Crippen LogP contribution in [0.25, 0.3) is 0 Å². The predicted molar refractivity (Wildman–Crippen MR) is 98.6 cm³/mol. The molecule has 1 aliphatic rings. The Balaban J connectivity index is 1.51. The van der Waals surface area contributed by atoms with Crippen LogP contribution in [0.1, 0.15) is 12.0 Å². The molecule has 1 atom stereocenters. The van der Waals surface area contributed by atoms with Gasteiger partial charge in [0.15, 0.2) is 6.61 Å². The van der Waals surface area contributed by atoms with Crippen molar-refractivity contribution in [2.24, 2.45) is 0 Å². The summed E-state index contributed by atoms with van der Waals surface area (Å²) in [5.74, 6) is 0.977. The van der Waals surface area contributed by atoms with Crippen LogP contribution in [-0.2, 0) is 9.59 Å². The molecule has 0 spiro atoms. The number of hydrogen-bond acceptors (Lipinski definition) is 4. The molecule has 0 radical (unpaired) electrons. The van der Waals surface area contributed by atoms with E-state index in [1.807, 2.05) is 31.2 Å². The lowest BCUT2D eigenvalue weighted by molar-refractivity contribution is -0.123. The van der Waals surface area contributed by atoms with E-state index in [0.29, 0.717) is 24.5 Å². The van der Waals surface area contributed by atoms with Crippen LogP contribution in [0.4, 0.5) is 5.69 Å². The molecular weight excluding hydrogens is 332 g/mol. The minimum atomic E-state index is -0.253. The van der Waals surface area contributed by atoms with Crippen molar-refractivity contribution < 1.29 is 19.1 Å². The number of nitrogens with one attached hydrogen (secondary N) is 1. The number of carbonyl (C=O) groups excluding carboxylic acids is 2. The Bertz CT molecular complexity index is 789. The summed E-state index contributed by atoms with van der Waals surface area (Å²) in [7, 11) is 1.57. The molecule has 3 rings (SSSR count). The number of anilines is 1. The zero-order chi connectivity index (χ0) is 18.5. The Morgan fingerprint density at radius 3 is 2.65 bits per heavy atom. The highest BCUT2D eigenvalue weighted by molar-refractivity contribution is 5.96. The third-order valence-electron chi connectivity index (χ3n) is 4.25. The molecule has 1 heterocycles. The van der Waals surface area contributed by atoms with Gasteiger partial charge in [0.05, 0.1) is 13.2 Å². The standard InChI is InChI=1S/C20H22N2O4/c1-14-6-8-16(9-7-14)22-12-15(10-20(22)24)21-19(23)13-26-18-5-3-4-17(11-18)25-2/h3-9,11,15H,10,12-13H2,1-2H3,(H,21,23)/t15-/m0/s1. The number of aryl methyl sites for hydroxylation is 1. The van der Waals surface area contributed by atoms with Crippen molar-refractivity contribution in [1.29, 1.82) is 0 Å². The fourth-order valence-corrected chi connectivity index (χ4v) is 2.89. The van der Waals surface area contributed by atoms with Gasteiger partial charge < -0.3 is 19.7 Å². The normalized spacial score (nSPS) is 16.5. The zero-order valence-corrected chi connectivity index (χ0v) is 14.9. The van der Waals surface area contributed by atoms with Gasteiger partial charge in [0.2, 0.25) is 5.91 Å². The summed E-state index contributed by atoms with van der Waals surface area (Å²) in [4.78, 5) is 26.1. The first kappa shape index (κ1) is 17.8. The number of methoxy groups -OCH3 is 1. The first-order valence-electron chi connectivity index (χ1n) is 8.48. The number of hydrogen-bond donors (Lipinski definition) is 1. The summed E-state index contributed by atoms with van der Waals surface area (Å²) in [5, 5.41) is 2.86.